The van der Waals surface area contributed by atoms with Crippen LogP contribution in [-0.4, -0.2) is 19.9 Å². The van der Waals surface area contributed by atoms with Gasteiger partial charge < -0.3 is 9.97 Å². The molecule has 0 amide bonds. The van der Waals surface area contributed by atoms with Crippen LogP contribution in [0.25, 0.3) is 22.9 Å². The van der Waals surface area contributed by atoms with E-state index in [9.17, 15) is 0 Å². The van der Waals surface area contributed by atoms with E-state index < -0.39 is 0 Å². The van der Waals surface area contributed by atoms with Crippen molar-refractivity contribution in [3.05, 3.63) is 45.7 Å². The zero-order chi connectivity index (χ0) is 12.5. The summed E-state index contributed by atoms with van der Waals surface area (Å²) in [6, 6.07) is 6.02. The summed E-state index contributed by atoms with van der Waals surface area (Å²) >= 11 is 6.98. The Morgan fingerprint density at radius 3 is 2.67 bits per heavy atom. The third kappa shape index (κ3) is 2.13. The third-order valence-corrected chi connectivity index (χ3v) is 3.67. The van der Waals surface area contributed by atoms with Crippen molar-refractivity contribution in [2.24, 2.45) is 0 Å². The molecule has 3 aromatic rings. The smallest absolute Gasteiger partial charge is 0.174 e. The van der Waals surface area contributed by atoms with Crippen molar-refractivity contribution in [3.63, 3.8) is 0 Å². The van der Waals surface area contributed by atoms with E-state index in [0.29, 0.717) is 0 Å². The zero-order valence-corrected chi connectivity index (χ0v) is 12.3. The van der Waals surface area contributed by atoms with Crippen LogP contribution in [0.3, 0.4) is 0 Å². The number of nitrogens with zero attached hydrogens (tertiary/aromatic N) is 2. The molecule has 0 saturated heterocycles. The van der Waals surface area contributed by atoms with Crippen molar-refractivity contribution in [1.82, 2.24) is 19.9 Å². The molecule has 0 aliphatic heterocycles. The topological polar surface area (TPSA) is 57.4 Å². The number of benzene rings is 1. The molecule has 0 unspecified atom stereocenters. The van der Waals surface area contributed by atoms with Crippen molar-refractivity contribution in [2.45, 2.75) is 0 Å². The van der Waals surface area contributed by atoms with Gasteiger partial charge in [-0.05, 0) is 12.1 Å². The van der Waals surface area contributed by atoms with E-state index in [1.807, 2.05) is 18.2 Å². The normalized spacial score (nSPS) is 10.8. The number of halogens is 2. The van der Waals surface area contributed by atoms with Crippen LogP contribution in [-0.2, 0) is 0 Å². The minimum atomic E-state index is 0.727. The van der Waals surface area contributed by atoms with E-state index in [-0.39, 0.29) is 0 Å². The second-order valence-electron chi connectivity index (χ2n) is 3.71. The van der Waals surface area contributed by atoms with Gasteiger partial charge in [0.15, 0.2) is 11.6 Å². The highest BCUT2D eigenvalue weighted by molar-refractivity contribution is 9.11. The molecule has 3 rings (SSSR count). The molecule has 0 atom stereocenters. The number of hydrogen-bond donors (Lipinski definition) is 2. The fourth-order valence-electron chi connectivity index (χ4n) is 1.68. The Hall–Kier alpha value is -1.40. The van der Waals surface area contributed by atoms with Gasteiger partial charge in [-0.15, -0.1) is 0 Å². The van der Waals surface area contributed by atoms with E-state index in [2.05, 4.69) is 51.8 Å². The van der Waals surface area contributed by atoms with E-state index in [0.717, 1.165) is 31.9 Å². The average molecular weight is 368 g/mol. The Morgan fingerprint density at radius 1 is 1.06 bits per heavy atom. The molecule has 18 heavy (non-hydrogen) atoms. The molecule has 2 aromatic heterocycles. The van der Waals surface area contributed by atoms with Crippen LogP contribution in [0.1, 0.15) is 0 Å². The van der Waals surface area contributed by atoms with Gasteiger partial charge in [0.1, 0.15) is 0 Å². The number of H-pyrrole nitrogens is 2. The van der Waals surface area contributed by atoms with Crippen LogP contribution < -0.4 is 0 Å². The first-order valence-electron chi connectivity index (χ1n) is 5.24. The summed E-state index contributed by atoms with van der Waals surface area (Å²) < 4.78 is 2.04. The quantitative estimate of drug-likeness (QED) is 0.719. The highest BCUT2D eigenvalue weighted by Gasteiger charge is 2.09. The summed E-state index contributed by atoms with van der Waals surface area (Å²) in [5.41, 5.74) is 2.00. The summed E-state index contributed by atoms with van der Waals surface area (Å²) in [4.78, 5) is 14.7. The maximum atomic E-state index is 4.32. The average Bonchev–Trinajstić information content (AvgIpc) is 2.99. The highest BCUT2D eigenvalue weighted by Crippen LogP contribution is 2.30. The molecular weight excluding hydrogens is 360 g/mol. The fraction of sp³-hybridized carbons (Fsp3) is 0. The van der Waals surface area contributed by atoms with Gasteiger partial charge in [-0.2, -0.15) is 0 Å². The van der Waals surface area contributed by atoms with Crippen LogP contribution >= 0.6 is 31.9 Å². The Bertz CT molecular complexity index is 673. The van der Waals surface area contributed by atoms with Gasteiger partial charge in [-0.1, -0.05) is 37.9 Å². The molecule has 0 radical (unpaired) electrons. The first kappa shape index (κ1) is 11.7. The lowest BCUT2D eigenvalue weighted by atomic mass is 10.2. The number of aromatic nitrogens is 4. The SMILES string of the molecule is Brc1ccc(-c2cnc(-c3ncc[nH]3)[nH]2)c(Br)c1. The van der Waals surface area contributed by atoms with Gasteiger partial charge in [0.2, 0.25) is 0 Å². The van der Waals surface area contributed by atoms with E-state index >= 15 is 0 Å². The number of aromatic amines is 2. The van der Waals surface area contributed by atoms with Crippen LogP contribution in [0.2, 0.25) is 0 Å². The van der Waals surface area contributed by atoms with Crippen molar-refractivity contribution < 1.29 is 0 Å². The van der Waals surface area contributed by atoms with Crippen LogP contribution in [0, 0.1) is 0 Å². The lowest BCUT2D eigenvalue weighted by Crippen LogP contribution is -1.83. The molecule has 0 aliphatic carbocycles. The molecule has 90 valence electrons. The standard InChI is InChI=1S/C12H8Br2N4/c13-7-1-2-8(9(14)5-7)10-6-17-12(18-10)11-15-3-4-16-11/h1-6H,(H,15,16)(H,17,18). The van der Waals surface area contributed by atoms with Gasteiger partial charge in [-0.3, -0.25) is 0 Å². The molecular formula is C12H8Br2N4. The van der Waals surface area contributed by atoms with Crippen molar-refractivity contribution in [3.8, 4) is 22.9 Å². The maximum absolute atomic E-state index is 4.32. The first-order valence-corrected chi connectivity index (χ1v) is 6.83. The first-order chi connectivity index (χ1) is 8.74. The molecule has 0 saturated carbocycles. The largest absolute Gasteiger partial charge is 0.342 e. The predicted octanol–water partition coefficient (Wildman–Crippen LogP) is 3.99. The Labute approximate surface area is 120 Å². The van der Waals surface area contributed by atoms with Gasteiger partial charge in [-0.25, -0.2) is 9.97 Å². The molecule has 0 aliphatic rings. The fourth-order valence-corrected chi connectivity index (χ4v) is 2.94. The monoisotopic (exact) mass is 366 g/mol. The molecule has 0 spiro atoms. The lowest BCUT2D eigenvalue weighted by Gasteiger charge is -2.01. The number of hydrogen-bond acceptors (Lipinski definition) is 2. The van der Waals surface area contributed by atoms with Crippen LogP contribution in [0.15, 0.2) is 45.7 Å². The van der Waals surface area contributed by atoms with Gasteiger partial charge in [0.05, 0.1) is 11.9 Å². The van der Waals surface area contributed by atoms with Gasteiger partial charge in [0.25, 0.3) is 0 Å². The van der Waals surface area contributed by atoms with Crippen LogP contribution in [0.4, 0.5) is 0 Å². The van der Waals surface area contributed by atoms with E-state index in [1.165, 1.54) is 0 Å². The second-order valence-corrected chi connectivity index (χ2v) is 5.48. The maximum Gasteiger partial charge on any atom is 0.174 e. The zero-order valence-electron chi connectivity index (χ0n) is 9.11. The predicted molar refractivity (Wildman–Crippen MR) is 77.0 cm³/mol. The summed E-state index contributed by atoms with van der Waals surface area (Å²) in [6.45, 7) is 0. The molecule has 0 fully saturated rings. The molecule has 1 aromatic carbocycles. The molecule has 6 heteroatoms. The van der Waals surface area contributed by atoms with Crippen molar-refractivity contribution in [2.75, 3.05) is 0 Å². The summed E-state index contributed by atoms with van der Waals surface area (Å²) in [7, 11) is 0. The molecule has 4 nitrogen and oxygen atoms in total. The third-order valence-electron chi connectivity index (χ3n) is 2.52. The molecule has 0 bridgehead atoms. The Balaban J connectivity index is 2.03. The minimum absolute atomic E-state index is 0.727. The number of rotatable bonds is 2. The lowest BCUT2D eigenvalue weighted by molar-refractivity contribution is 1.20. The Morgan fingerprint density at radius 2 is 1.94 bits per heavy atom. The van der Waals surface area contributed by atoms with E-state index in [4.69, 9.17) is 0 Å². The highest BCUT2D eigenvalue weighted by atomic mass is 79.9. The van der Waals surface area contributed by atoms with Gasteiger partial charge in [0, 0.05) is 26.9 Å². The molecule has 2 heterocycles. The summed E-state index contributed by atoms with van der Waals surface area (Å²) in [5, 5.41) is 0. The minimum Gasteiger partial charge on any atom is -0.342 e. The molecule has 2 N–H and O–H groups in total. The number of nitrogens with one attached hydrogen (secondary N) is 2. The summed E-state index contributed by atoms with van der Waals surface area (Å²) in [5.74, 6) is 1.46. The summed E-state index contributed by atoms with van der Waals surface area (Å²) in [6.07, 6.45) is 5.27. The second kappa shape index (κ2) is 4.70. The van der Waals surface area contributed by atoms with Crippen molar-refractivity contribution in [1.29, 1.82) is 0 Å². The van der Waals surface area contributed by atoms with Gasteiger partial charge >= 0.3 is 0 Å². The Kier molecular flexibility index (Phi) is 3.05. The van der Waals surface area contributed by atoms with E-state index in [1.54, 1.807) is 18.6 Å². The van der Waals surface area contributed by atoms with Crippen LogP contribution in [0.5, 0.6) is 0 Å². The number of imidazole rings is 2. The van der Waals surface area contributed by atoms with Crippen molar-refractivity contribution >= 4 is 31.9 Å².